The first-order valence-corrected chi connectivity index (χ1v) is 6.74. The number of carbonyl (C=O) groups excluding carboxylic acids is 1. The summed E-state index contributed by atoms with van der Waals surface area (Å²) in [4.78, 5) is 10.7. The minimum absolute atomic E-state index is 0.000787. The molecule has 0 spiro atoms. The number of hydrogen-bond acceptors (Lipinski definition) is 4. The molecule has 0 unspecified atom stereocenters. The number of carbonyl (C=O) groups is 1. The van der Waals surface area contributed by atoms with E-state index in [9.17, 15) is 4.79 Å². The third kappa shape index (κ3) is 4.44. The van der Waals surface area contributed by atoms with Crippen molar-refractivity contribution in [1.29, 1.82) is 0 Å². The van der Waals surface area contributed by atoms with Crippen LogP contribution in [0.25, 0.3) is 0 Å². The zero-order valence-electron chi connectivity index (χ0n) is 9.77. The fourth-order valence-electron chi connectivity index (χ4n) is 1.50. The Bertz CT molecular complexity index is 437. The fraction of sp³-hybridized carbons (Fsp3) is 0.250. The summed E-state index contributed by atoms with van der Waals surface area (Å²) >= 11 is 2.25. The van der Waals surface area contributed by atoms with Crippen LogP contribution in [0.2, 0.25) is 0 Å². The number of ether oxygens (including phenoxy) is 2. The maximum absolute atomic E-state index is 10.7. The standard InChI is InChI=1S/C12H15IN2O3/c1-8(14)18-11(7-17-12(15)16)10-5-3-2-4-9(10)6-13/h2-5,11H,1,6-7,14H2,(H2,15,16)/t11-/m0/s1. The van der Waals surface area contributed by atoms with Crippen molar-refractivity contribution in [3.63, 3.8) is 0 Å². The molecule has 0 saturated heterocycles. The van der Waals surface area contributed by atoms with E-state index in [4.69, 9.17) is 20.9 Å². The van der Waals surface area contributed by atoms with E-state index in [1.807, 2.05) is 24.3 Å². The van der Waals surface area contributed by atoms with Crippen molar-refractivity contribution in [3.8, 4) is 0 Å². The topological polar surface area (TPSA) is 87.6 Å². The molecular weight excluding hydrogens is 347 g/mol. The summed E-state index contributed by atoms with van der Waals surface area (Å²) < 4.78 is 11.0. The minimum atomic E-state index is -0.849. The second-order valence-corrected chi connectivity index (χ2v) is 4.30. The molecule has 4 N–H and O–H groups in total. The van der Waals surface area contributed by atoms with Gasteiger partial charge in [-0.1, -0.05) is 46.9 Å². The molecule has 1 aromatic carbocycles. The summed E-state index contributed by atoms with van der Waals surface area (Å²) in [5.74, 6) is 0.0660. The molecule has 1 atom stereocenters. The van der Waals surface area contributed by atoms with Crippen molar-refractivity contribution in [2.75, 3.05) is 6.61 Å². The molecule has 0 aliphatic carbocycles. The van der Waals surface area contributed by atoms with Crippen molar-refractivity contribution in [1.82, 2.24) is 0 Å². The Morgan fingerprint density at radius 1 is 1.39 bits per heavy atom. The lowest BCUT2D eigenvalue weighted by Crippen LogP contribution is -2.21. The van der Waals surface area contributed by atoms with Crippen LogP contribution in [0.3, 0.4) is 0 Å². The number of alkyl halides is 1. The predicted octanol–water partition coefficient (Wildman–Crippen LogP) is 2.20. The van der Waals surface area contributed by atoms with E-state index in [2.05, 4.69) is 29.2 Å². The Kier molecular flexibility index (Phi) is 5.76. The molecule has 0 saturated carbocycles. The van der Waals surface area contributed by atoms with Gasteiger partial charge in [-0.05, 0) is 17.7 Å². The lowest BCUT2D eigenvalue weighted by molar-refractivity contribution is 0.0446. The summed E-state index contributed by atoms with van der Waals surface area (Å²) in [7, 11) is 0. The average Bonchev–Trinajstić information content (AvgIpc) is 2.33. The van der Waals surface area contributed by atoms with Gasteiger partial charge >= 0.3 is 6.09 Å². The maximum atomic E-state index is 10.7. The van der Waals surface area contributed by atoms with Crippen LogP contribution < -0.4 is 11.5 Å². The molecule has 0 aromatic heterocycles. The molecule has 0 aliphatic rings. The third-order valence-electron chi connectivity index (χ3n) is 2.22. The van der Waals surface area contributed by atoms with E-state index in [0.717, 1.165) is 15.6 Å². The second-order valence-electron chi connectivity index (χ2n) is 3.54. The van der Waals surface area contributed by atoms with E-state index in [1.165, 1.54) is 0 Å². The highest BCUT2D eigenvalue weighted by Crippen LogP contribution is 2.25. The van der Waals surface area contributed by atoms with Crippen molar-refractivity contribution >= 4 is 28.7 Å². The summed E-state index contributed by atoms with van der Waals surface area (Å²) in [6.07, 6.45) is -1.35. The van der Waals surface area contributed by atoms with E-state index >= 15 is 0 Å². The van der Waals surface area contributed by atoms with Crippen LogP contribution in [-0.4, -0.2) is 12.7 Å². The van der Waals surface area contributed by atoms with Gasteiger partial charge in [0.25, 0.3) is 0 Å². The zero-order valence-corrected chi connectivity index (χ0v) is 11.9. The molecule has 18 heavy (non-hydrogen) atoms. The van der Waals surface area contributed by atoms with Crippen molar-refractivity contribution in [2.45, 2.75) is 10.5 Å². The Labute approximate surface area is 119 Å². The van der Waals surface area contributed by atoms with Gasteiger partial charge < -0.3 is 20.9 Å². The Hall–Kier alpha value is -1.44. The maximum Gasteiger partial charge on any atom is 0.404 e. The molecule has 98 valence electrons. The molecule has 1 rings (SSSR count). The Balaban J connectivity index is 2.92. The number of nitrogens with two attached hydrogens (primary N) is 2. The smallest absolute Gasteiger partial charge is 0.404 e. The molecular formula is C12H15IN2O3. The van der Waals surface area contributed by atoms with Gasteiger partial charge in [0.05, 0.1) is 0 Å². The zero-order chi connectivity index (χ0) is 13.5. The van der Waals surface area contributed by atoms with E-state index in [1.54, 1.807) is 0 Å². The first kappa shape index (κ1) is 14.6. The minimum Gasteiger partial charge on any atom is -0.468 e. The van der Waals surface area contributed by atoms with Crippen molar-refractivity contribution < 1.29 is 14.3 Å². The number of benzene rings is 1. The van der Waals surface area contributed by atoms with Gasteiger partial charge in [-0.15, -0.1) is 0 Å². The van der Waals surface area contributed by atoms with Crippen molar-refractivity contribution in [2.24, 2.45) is 11.5 Å². The molecule has 1 amide bonds. The highest BCUT2D eigenvalue weighted by atomic mass is 127. The van der Waals surface area contributed by atoms with E-state index < -0.39 is 12.2 Å². The second kappa shape index (κ2) is 7.10. The Morgan fingerprint density at radius 3 is 2.61 bits per heavy atom. The normalized spacial score (nSPS) is 11.6. The highest BCUT2D eigenvalue weighted by molar-refractivity contribution is 14.1. The van der Waals surface area contributed by atoms with Gasteiger partial charge in [-0.2, -0.15) is 0 Å². The van der Waals surface area contributed by atoms with Gasteiger partial charge in [0.2, 0.25) is 0 Å². The molecule has 5 nitrogen and oxygen atoms in total. The van der Waals surface area contributed by atoms with Gasteiger partial charge in [0.15, 0.2) is 12.0 Å². The van der Waals surface area contributed by atoms with Crippen molar-refractivity contribution in [3.05, 3.63) is 47.9 Å². The summed E-state index contributed by atoms with van der Waals surface area (Å²) in [6.45, 7) is 3.48. The molecule has 0 bridgehead atoms. The summed E-state index contributed by atoms with van der Waals surface area (Å²) in [5, 5.41) is 0. The van der Waals surface area contributed by atoms with Crippen LogP contribution >= 0.6 is 22.6 Å². The molecule has 0 heterocycles. The summed E-state index contributed by atoms with van der Waals surface area (Å²) in [6, 6.07) is 7.68. The average molecular weight is 362 g/mol. The quantitative estimate of drug-likeness (QED) is 0.462. The molecule has 0 fully saturated rings. The van der Waals surface area contributed by atoms with E-state index in [0.29, 0.717) is 0 Å². The lowest BCUT2D eigenvalue weighted by atomic mass is 10.0. The number of rotatable bonds is 6. The molecule has 1 aromatic rings. The first-order chi connectivity index (χ1) is 8.54. The molecule has 6 heteroatoms. The van der Waals surface area contributed by atoms with Crippen LogP contribution in [-0.2, 0) is 13.9 Å². The predicted molar refractivity (Wildman–Crippen MR) is 76.9 cm³/mol. The monoisotopic (exact) mass is 362 g/mol. The molecule has 0 radical (unpaired) electrons. The van der Waals surface area contributed by atoms with Crippen LogP contribution in [0, 0.1) is 0 Å². The Morgan fingerprint density at radius 2 is 2.06 bits per heavy atom. The van der Waals surface area contributed by atoms with Gasteiger partial charge in [-0.25, -0.2) is 4.79 Å². The first-order valence-electron chi connectivity index (χ1n) is 5.21. The van der Waals surface area contributed by atoms with Gasteiger partial charge in [0.1, 0.15) is 6.61 Å². The highest BCUT2D eigenvalue weighted by Gasteiger charge is 2.18. The van der Waals surface area contributed by atoms with E-state index in [-0.39, 0.29) is 12.5 Å². The van der Waals surface area contributed by atoms with Crippen LogP contribution in [0.5, 0.6) is 0 Å². The largest absolute Gasteiger partial charge is 0.468 e. The fourth-order valence-corrected chi connectivity index (χ4v) is 2.19. The number of hydrogen-bond donors (Lipinski definition) is 2. The lowest BCUT2D eigenvalue weighted by Gasteiger charge is -2.20. The number of amides is 1. The number of halogens is 1. The van der Waals surface area contributed by atoms with Crippen LogP contribution in [0.1, 0.15) is 17.2 Å². The van der Waals surface area contributed by atoms with Crippen LogP contribution in [0.15, 0.2) is 36.7 Å². The summed E-state index contributed by atoms with van der Waals surface area (Å²) in [5.41, 5.74) is 12.4. The SMILES string of the molecule is C=C(N)O[C@@H](COC(N)=O)c1ccccc1CI. The third-order valence-corrected chi connectivity index (χ3v) is 3.04. The number of primary amides is 1. The molecule has 0 aliphatic heterocycles. The van der Waals surface area contributed by atoms with Gasteiger partial charge in [0, 0.05) is 4.43 Å². The van der Waals surface area contributed by atoms with Crippen LogP contribution in [0.4, 0.5) is 4.79 Å². The van der Waals surface area contributed by atoms with Gasteiger partial charge in [-0.3, -0.25) is 0 Å².